The van der Waals surface area contributed by atoms with Crippen molar-refractivity contribution in [2.75, 3.05) is 7.05 Å². The number of aromatic nitrogens is 1. The Hall–Kier alpha value is -1.66. The van der Waals surface area contributed by atoms with Crippen molar-refractivity contribution >= 4 is 21.9 Å². The van der Waals surface area contributed by atoms with Gasteiger partial charge in [-0.05, 0) is 26.1 Å². The molecular formula is C14H15BrN2O3. The van der Waals surface area contributed by atoms with E-state index in [2.05, 4.69) is 20.9 Å². The van der Waals surface area contributed by atoms with E-state index in [1.165, 1.54) is 0 Å². The van der Waals surface area contributed by atoms with Gasteiger partial charge in [-0.15, -0.1) is 0 Å². The summed E-state index contributed by atoms with van der Waals surface area (Å²) in [6.45, 7) is 1.97. The quantitative estimate of drug-likeness (QED) is 0.907. The lowest BCUT2D eigenvalue weighted by molar-refractivity contribution is -0.142. The van der Waals surface area contributed by atoms with E-state index in [9.17, 15) is 4.79 Å². The lowest BCUT2D eigenvalue weighted by Gasteiger charge is -2.18. The molecule has 0 radical (unpaired) electrons. The zero-order valence-electron chi connectivity index (χ0n) is 11.2. The maximum absolute atomic E-state index is 10.9. The molecule has 1 N–H and O–H groups in total. The van der Waals surface area contributed by atoms with Crippen LogP contribution >= 0.6 is 15.9 Å². The van der Waals surface area contributed by atoms with Gasteiger partial charge in [-0.2, -0.15) is 0 Å². The second kappa shape index (κ2) is 6.19. The van der Waals surface area contributed by atoms with Gasteiger partial charge in [-0.3, -0.25) is 9.69 Å². The molecule has 2 rings (SSSR count). The van der Waals surface area contributed by atoms with Crippen molar-refractivity contribution in [3.05, 3.63) is 40.8 Å². The van der Waals surface area contributed by atoms with Crippen LogP contribution in [-0.4, -0.2) is 34.0 Å². The zero-order valence-corrected chi connectivity index (χ0v) is 12.8. The van der Waals surface area contributed by atoms with Crippen LogP contribution in [0.3, 0.4) is 0 Å². The third-order valence-electron chi connectivity index (χ3n) is 3.07. The Morgan fingerprint density at radius 3 is 2.95 bits per heavy atom. The lowest BCUT2D eigenvalue weighted by Crippen LogP contribution is -2.35. The SMILES string of the molecule is CC(C(=O)O)N(C)Cc1ncc(-c2cccc(Br)c2)o1. The van der Waals surface area contributed by atoms with E-state index in [0.717, 1.165) is 10.0 Å². The molecule has 2 aromatic rings. The molecule has 1 unspecified atom stereocenters. The largest absolute Gasteiger partial charge is 0.480 e. The van der Waals surface area contributed by atoms with Crippen LogP contribution in [0.2, 0.25) is 0 Å². The topological polar surface area (TPSA) is 66.6 Å². The molecule has 0 aliphatic carbocycles. The standard InChI is InChI=1S/C14H15BrN2O3/c1-9(14(18)19)17(2)8-13-16-7-12(20-13)10-4-3-5-11(15)6-10/h3-7,9H,8H2,1-2H3,(H,18,19). The van der Waals surface area contributed by atoms with Gasteiger partial charge in [0.15, 0.2) is 5.76 Å². The molecule has 6 heteroatoms. The van der Waals surface area contributed by atoms with Crippen LogP contribution in [0.5, 0.6) is 0 Å². The maximum Gasteiger partial charge on any atom is 0.320 e. The Kier molecular flexibility index (Phi) is 4.57. The van der Waals surface area contributed by atoms with Gasteiger partial charge in [0.05, 0.1) is 12.7 Å². The lowest BCUT2D eigenvalue weighted by atomic mass is 10.2. The van der Waals surface area contributed by atoms with Gasteiger partial charge in [-0.1, -0.05) is 28.1 Å². The molecule has 1 aromatic heterocycles. The molecule has 0 bridgehead atoms. The van der Waals surface area contributed by atoms with Crippen molar-refractivity contribution in [1.82, 2.24) is 9.88 Å². The fraction of sp³-hybridized carbons (Fsp3) is 0.286. The Morgan fingerprint density at radius 2 is 2.30 bits per heavy atom. The number of carboxylic acid groups (broad SMARTS) is 1. The highest BCUT2D eigenvalue weighted by Crippen LogP contribution is 2.24. The number of nitrogens with zero attached hydrogens (tertiary/aromatic N) is 2. The molecule has 0 saturated heterocycles. The molecular weight excluding hydrogens is 324 g/mol. The van der Waals surface area contributed by atoms with Gasteiger partial charge in [0.25, 0.3) is 0 Å². The van der Waals surface area contributed by atoms with E-state index in [0.29, 0.717) is 18.2 Å². The predicted molar refractivity (Wildman–Crippen MR) is 78.2 cm³/mol. The van der Waals surface area contributed by atoms with Crippen LogP contribution in [0, 0.1) is 0 Å². The number of likely N-dealkylation sites (N-methyl/N-ethyl adjacent to an activating group) is 1. The highest BCUT2D eigenvalue weighted by molar-refractivity contribution is 9.10. The van der Waals surface area contributed by atoms with Crippen LogP contribution in [0.25, 0.3) is 11.3 Å². The third-order valence-corrected chi connectivity index (χ3v) is 3.56. The van der Waals surface area contributed by atoms with Crippen LogP contribution in [-0.2, 0) is 11.3 Å². The Labute approximate surface area is 125 Å². The highest BCUT2D eigenvalue weighted by Gasteiger charge is 2.18. The van der Waals surface area contributed by atoms with Gasteiger partial charge in [0.2, 0.25) is 5.89 Å². The third kappa shape index (κ3) is 3.46. The molecule has 0 saturated carbocycles. The Bertz CT molecular complexity index is 612. The van der Waals surface area contributed by atoms with E-state index in [1.807, 2.05) is 24.3 Å². The van der Waals surface area contributed by atoms with Crippen molar-refractivity contribution in [3.8, 4) is 11.3 Å². The van der Waals surface area contributed by atoms with Gasteiger partial charge in [0.1, 0.15) is 6.04 Å². The minimum absolute atomic E-state index is 0.349. The molecule has 0 fully saturated rings. The summed E-state index contributed by atoms with van der Waals surface area (Å²) in [4.78, 5) is 16.8. The van der Waals surface area contributed by atoms with E-state index in [-0.39, 0.29) is 0 Å². The van der Waals surface area contributed by atoms with Crippen LogP contribution < -0.4 is 0 Å². The monoisotopic (exact) mass is 338 g/mol. The average molecular weight is 339 g/mol. The van der Waals surface area contributed by atoms with Crippen molar-refractivity contribution in [1.29, 1.82) is 0 Å². The van der Waals surface area contributed by atoms with E-state index < -0.39 is 12.0 Å². The second-order valence-electron chi connectivity index (χ2n) is 4.56. The van der Waals surface area contributed by atoms with Gasteiger partial charge < -0.3 is 9.52 Å². The summed E-state index contributed by atoms with van der Waals surface area (Å²) >= 11 is 3.41. The number of halogens is 1. The number of hydrogen-bond donors (Lipinski definition) is 1. The summed E-state index contributed by atoms with van der Waals surface area (Å²) in [6, 6.07) is 7.13. The predicted octanol–water partition coefficient (Wildman–Crippen LogP) is 3.01. The van der Waals surface area contributed by atoms with E-state index in [4.69, 9.17) is 9.52 Å². The molecule has 1 aromatic carbocycles. The number of carbonyl (C=O) groups is 1. The van der Waals surface area contributed by atoms with Crippen molar-refractivity contribution < 1.29 is 14.3 Å². The summed E-state index contributed by atoms with van der Waals surface area (Å²) in [5.41, 5.74) is 0.923. The Balaban J connectivity index is 2.11. The first-order chi connectivity index (χ1) is 9.47. The van der Waals surface area contributed by atoms with Crippen molar-refractivity contribution in [2.45, 2.75) is 19.5 Å². The smallest absolute Gasteiger partial charge is 0.320 e. The van der Waals surface area contributed by atoms with Crippen molar-refractivity contribution in [2.24, 2.45) is 0 Å². The minimum atomic E-state index is -0.869. The summed E-state index contributed by atoms with van der Waals surface area (Å²) in [6.07, 6.45) is 1.65. The van der Waals surface area contributed by atoms with Crippen LogP contribution in [0.15, 0.2) is 39.4 Å². The number of hydrogen-bond acceptors (Lipinski definition) is 4. The fourth-order valence-electron chi connectivity index (χ4n) is 1.70. The first-order valence-electron chi connectivity index (χ1n) is 6.11. The minimum Gasteiger partial charge on any atom is -0.480 e. The summed E-state index contributed by atoms with van der Waals surface area (Å²) in [7, 11) is 1.72. The normalized spacial score (nSPS) is 12.6. The molecule has 20 heavy (non-hydrogen) atoms. The first-order valence-corrected chi connectivity index (χ1v) is 6.90. The summed E-state index contributed by atoms with van der Waals surface area (Å²) in [5.74, 6) is 0.291. The second-order valence-corrected chi connectivity index (χ2v) is 5.47. The molecule has 5 nitrogen and oxygen atoms in total. The molecule has 1 heterocycles. The Morgan fingerprint density at radius 1 is 1.55 bits per heavy atom. The van der Waals surface area contributed by atoms with Crippen molar-refractivity contribution in [3.63, 3.8) is 0 Å². The molecule has 0 amide bonds. The van der Waals surface area contributed by atoms with Gasteiger partial charge >= 0.3 is 5.97 Å². The van der Waals surface area contributed by atoms with E-state index >= 15 is 0 Å². The van der Waals surface area contributed by atoms with Gasteiger partial charge in [-0.25, -0.2) is 4.98 Å². The average Bonchev–Trinajstić information content (AvgIpc) is 2.86. The summed E-state index contributed by atoms with van der Waals surface area (Å²) < 4.78 is 6.62. The van der Waals surface area contributed by atoms with Crippen LogP contribution in [0.1, 0.15) is 12.8 Å². The highest BCUT2D eigenvalue weighted by atomic mass is 79.9. The molecule has 0 aliphatic rings. The molecule has 106 valence electrons. The summed E-state index contributed by atoms with van der Waals surface area (Å²) in [5, 5.41) is 8.95. The number of carboxylic acids is 1. The van der Waals surface area contributed by atoms with Gasteiger partial charge in [0, 0.05) is 10.0 Å². The molecule has 1 atom stereocenters. The zero-order chi connectivity index (χ0) is 14.7. The molecule has 0 spiro atoms. The molecule has 0 aliphatic heterocycles. The van der Waals surface area contributed by atoms with Crippen LogP contribution in [0.4, 0.5) is 0 Å². The number of benzene rings is 1. The number of rotatable bonds is 5. The number of aliphatic carboxylic acids is 1. The van der Waals surface area contributed by atoms with E-state index in [1.54, 1.807) is 25.1 Å². The fourth-order valence-corrected chi connectivity index (χ4v) is 2.10. The number of oxazole rings is 1. The first kappa shape index (κ1) is 14.7. The maximum atomic E-state index is 10.9.